The zero-order valence-electron chi connectivity index (χ0n) is 11.7. The molecule has 2 amide bonds. The summed E-state index contributed by atoms with van der Waals surface area (Å²) in [6.07, 6.45) is 0. The Morgan fingerprint density at radius 1 is 1.00 bits per heavy atom. The molecule has 108 valence electrons. The van der Waals surface area contributed by atoms with Crippen LogP contribution in [0.25, 0.3) is 0 Å². The highest BCUT2D eigenvalue weighted by molar-refractivity contribution is 9.10. The van der Waals surface area contributed by atoms with Crippen LogP contribution in [-0.4, -0.2) is 11.8 Å². The minimum atomic E-state index is -0.269. The van der Waals surface area contributed by atoms with Gasteiger partial charge in [0, 0.05) is 17.1 Å². The molecule has 5 heteroatoms. The molecule has 2 rings (SSSR count). The van der Waals surface area contributed by atoms with Gasteiger partial charge in [-0.15, -0.1) is 0 Å². The summed E-state index contributed by atoms with van der Waals surface area (Å²) in [7, 11) is 0. The van der Waals surface area contributed by atoms with Crippen LogP contribution in [0.2, 0.25) is 0 Å². The van der Waals surface area contributed by atoms with Gasteiger partial charge in [0.25, 0.3) is 5.91 Å². The van der Waals surface area contributed by atoms with E-state index in [1.807, 2.05) is 31.2 Å². The van der Waals surface area contributed by atoms with Gasteiger partial charge in [0.15, 0.2) is 0 Å². The molecule has 0 unspecified atom stereocenters. The lowest BCUT2D eigenvalue weighted by Gasteiger charge is -2.12. The van der Waals surface area contributed by atoms with Crippen LogP contribution in [0.5, 0.6) is 0 Å². The van der Waals surface area contributed by atoms with Crippen LogP contribution in [-0.2, 0) is 4.79 Å². The van der Waals surface area contributed by atoms with E-state index in [0.717, 1.165) is 15.7 Å². The minimum absolute atomic E-state index is 0.220. The summed E-state index contributed by atoms with van der Waals surface area (Å²) in [5, 5.41) is 5.52. The molecule has 2 N–H and O–H groups in total. The molecule has 0 spiro atoms. The third kappa shape index (κ3) is 3.92. The normalized spacial score (nSPS) is 10.0. The number of carbonyl (C=O) groups is 2. The molecule has 21 heavy (non-hydrogen) atoms. The van der Waals surface area contributed by atoms with Crippen molar-refractivity contribution in [1.29, 1.82) is 0 Å². The largest absolute Gasteiger partial charge is 0.326 e. The Morgan fingerprint density at radius 2 is 1.71 bits per heavy atom. The molecule has 0 heterocycles. The predicted molar refractivity (Wildman–Crippen MR) is 87.6 cm³/mol. The lowest BCUT2D eigenvalue weighted by molar-refractivity contribution is -0.114. The van der Waals surface area contributed by atoms with Crippen molar-refractivity contribution in [3.8, 4) is 0 Å². The molecule has 0 bridgehead atoms. The van der Waals surface area contributed by atoms with Crippen molar-refractivity contribution in [3.05, 3.63) is 58.1 Å². The molecule has 2 aromatic rings. The first-order valence-electron chi connectivity index (χ1n) is 6.41. The van der Waals surface area contributed by atoms with Crippen molar-refractivity contribution in [1.82, 2.24) is 0 Å². The number of carbonyl (C=O) groups excluding carboxylic acids is 2. The third-order valence-electron chi connectivity index (χ3n) is 2.93. The molecule has 0 atom stereocenters. The molecule has 0 saturated carbocycles. The smallest absolute Gasteiger partial charge is 0.257 e. The van der Waals surface area contributed by atoms with Gasteiger partial charge in [0.1, 0.15) is 0 Å². The van der Waals surface area contributed by atoms with Gasteiger partial charge in [0.05, 0.1) is 11.3 Å². The Kier molecular flexibility index (Phi) is 4.75. The van der Waals surface area contributed by atoms with Gasteiger partial charge >= 0.3 is 0 Å². The number of hydrogen-bond acceptors (Lipinski definition) is 2. The summed E-state index contributed by atoms with van der Waals surface area (Å²) in [5.41, 5.74) is 2.61. The van der Waals surface area contributed by atoms with Crippen LogP contribution < -0.4 is 10.6 Å². The van der Waals surface area contributed by atoms with Crippen LogP contribution >= 0.6 is 15.9 Å². The fourth-order valence-electron chi connectivity index (χ4n) is 1.91. The van der Waals surface area contributed by atoms with E-state index in [9.17, 15) is 9.59 Å². The number of nitrogens with one attached hydrogen (secondary N) is 2. The molecule has 0 aliphatic heterocycles. The Bertz CT molecular complexity index is 698. The second kappa shape index (κ2) is 6.54. The summed E-state index contributed by atoms with van der Waals surface area (Å²) in [6.45, 7) is 3.33. The maximum absolute atomic E-state index is 12.4. The van der Waals surface area contributed by atoms with Gasteiger partial charge in [-0.2, -0.15) is 0 Å². The van der Waals surface area contributed by atoms with Crippen LogP contribution in [0.4, 0.5) is 11.4 Å². The lowest BCUT2D eigenvalue weighted by atomic mass is 10.1. The van der Waals surface area contributed by atoms with Gasteiger partial charge in [-0.3, -0.25) is 9.59 Å². The van der Waals surface area contributed by atoms with Gasteiger partial charge in [0.2, 0.25) is 5.91 Å². The van der Waals surface area contributed by atoms with E-state index in [1.54, 1.807) is 18.2 Å². The first-order chi connectivity index (χ1) is 9.97. The quantitative estimate of drug-likeness (QED) is 0.883. The highest BCUT2D eigenvalue weighted by Crippen LogP contribution is 2.23. The maximum Gasteiger partial charge on any atom is 0.257 e. The average molecular weight is 347 g/mol. The van der Waals surface area contributed by atoms with Crippen LogP contribution in [0.1, 0.15) is 22.8 Å². The van der Waals surface area contributed by atoms with Gasteiger partial charge in [-0.25, -0.2) is 0 Å². The number of benzene rings is 2. The zero-order chi connectivity index (χ0) is 15.4. The number of rotatable bonds is 3. The van der Waals surface area contributed by atoms with E-state index in [1.165, 1.54) is 6.92 Å². The summed E-state index contributed by atoms with van der Waals surface area (Å²) in [4.78, 5) is 23.7. The van der Waals surface area contributed by atoms with E-state index in [-0.39, 0.29) is 11.8 Å². The molecular formula is C16H15BrN2O2. The molecule has 4 nitrogen and oxygen atoms in total. The zero-order valence-corrected chi connectivity index (χ0v) is 13.3. The molecule has 0 aromatic heterocycles. The summed E-state index contributed by atoms with van der Waals surface area (Å²) >= 11 is 3.34. The minimum Gasteiger partial charge on any atom is -0.326 e. The molecule has 0 saturated heterocycles. The number of hydrogen-bond donors (Lipinski definition) is 2. The summed E-state index contributed by atoms with van der Waals surface area (Å²) in [6, 6.07) is 12.7. The van der Waals surface area contributed by atoms with Crippen LogP contribution in [0.3, 0.4) is 0 Å². The van der Waals surface area contributed by atoms with E-state index < -0.39 is 0 Å². The highest BCUT2D eigenvalue weighted by atomic mass is 79.9. The fourth-order valence-corrected chi connectivity index (χ4v) is 2.27. The van der Waals surface area contributed by atoms with Gasteiger partial charge in [-0.05, 0) is 36.8 Å². The second-order valence-electron chi connectivity index (χ2n) is 4.64. The molecule has 2 aromatic carbocycles. The standard InChI is InChI=1S/C16H15BrN2O2/c1-10-5-3-4-6-14(10)19-16(21)13-9-12(17)7-8-15(13)18-11(2)20/h3-9H,1-2H3,(H,18,20)(H,19,21). The van der Waals surface area contributed by atoms with Crippen LogP contribution in [0, 0.1) is 6.92 Å². The molecule has 0 aliphatic rings. The molecule has 0 radical (unpaired) electrons. The first kappa shape index (κ1) is 15.3. The van der Waals surface area contributed by atoms with E-state index in [2.05, 4.69) is 26.6 Å². The SMILES string of the molecule is CC(=O)Nc1ccc(Br)cc1C(=O)Nc1ccccc1C. The van der Waals surface area contributed by atoms with E-state index in [0.29, 0.717) is 11.3 Å². The van der Waals surface area contributed by atoms with Crippen LogP contribution in [0.15, 0.2) is 46.9 Å². The summed E-state index contributed by atoms with van der Waals surface area (Å²) in [5.74, 6) is -0.489. The van der Waals surface area contributed by atoms with Crippen molar-refractivity contribution in [3.63, 3.8) is 0 Å². The number of amides is 2. The fraction of sp³-hybridized carbons (Fsp3) is 0.125. The van der Waals surface area contributed by atoms with Crippen molar-refractivity contribution < 1.29 is 9.59 Å². The summed E-state index contributed by atoms with van der Waals surface area (Å²) < 4.78 is 0.770. The van der Waals surface area contributed by atoms with Gasteiger partial charge in [-0.1, -0.05) is 34.1 Å². The number of anilines is 2. The Labute approximate surface area is 131 Å². The third-order valence-corrected chi connectivity index (χ3v) is 3.42. The van der Waals surface area contributed by atoms with Crippen molar-refractivity contribution >= 4 is 39.1 Å². The van der Waals surface area contributed by atoms with Crippen molar-refractivity contribution in [2.75, 3.05) is 10.6 Å². The topological polar surface area (TPSA) is 58.2 Å². The number of para-hydroxylation sites is 1. The Morgan fingerprint density at radius 3 is 2.38 bits per heavy atom. The maximum atomic E-state index is 12.4. The van der Waals surface area contributed by atoms with Crippen molar-refractivity contribution in [2.24, 2.45) is 0 Å². The lowest BCUT2D eigenvalue weighted by Crippen LogP contribution is -2.17. The number of aryl methyl sites for hydroxylation is 1. The first-order valence-corrected chi connectivity index (χ1v) is 7.21. The second-order valence-corrected chi connectivity index (χ2v) is 5.56. The van der Waals surface area contributed by atoms with Gasteiger partial charge < -0.3 is 10.6 Å². The highest BCUT2D eigenvalue weighted by Gasteiger charge is 2.14. The molecule has 0 fully saturated rings. The van der Waals surface area contributed by atoms with E-state index in [4.69, 9.17) is 0 Å². The average Bonchev–Trinajstić information content (AvgIpc) is 2.43. The predicted octanol–water partition coefficient (Wildman–Crippen LogP) is 3.97. The Balaban J connectivity index is 2.32. The number of halogens is 1. The molecular weight excluding hydrogens is 332 g/mol. The monoisotopic (exact) mass is 346 g/mol. The molecule has 0 aliphatic carbocycles. The van der Waals surface area contributed by atoms with Crippen molar-refractivity contribution in [2.45, 2.75) is 13.8 Å². The van der Waals surface area contributed by atoms with E-state index >= 15 is 0 Å². The Hall–Kier alpha value is -2.14.